The van der Waals surface area contributed by atoms with Crippen LogP contribution in [0.5, 0.6) is 0 Å². The van der Waals surface area contributed by atoms with Crippen LogP contribution in [0.3, 0.4) is 0 Å². The summed E-state index contributed by atoms with van der Waals surface area (Å²) in [6, 6.07) is 12.0. The lowest BCUT2D eigenvalue weighted by Gasteiger charge is -2.24. The van der Waals surface area contributed by atoms with E-state index in [1.165, 1.54) is 6.07 Å². The van der Waals surface area contributed by atoms with E-state index >= 15 is 0 Å². The average molecular weight is 344 g/mol. The lowest BCUT2D eigenvalue weighted by molar-refractivity contribution is 0.0576. The minimum atomic E-state index is -1.10. The van der Waals surface area contributed by atoms with Crippen LogP contribution >= 0.6 is 27.5 Å². The van der Waals surface area contributed by atoms with Gasteiger partial charge in [0.2, 0.25) is 0 Å². The molecule has 0 aliphatic heterocycles. The molecular weight excluding hydrogens is 331 g/mol. The summed E-state index contributed by atoms with van der Waals surface area (Å²) in [6.07, 6.45) is 0.255. The lowest BCUT2D eigenvalue weighted by Crippen LogP contribution is -2.24. The second kappa shape index (κ2) is 5.61. The molecule has 2 aromatic rings. The minimum Gasteiger partial charge on any atom is -0.385 e. The van der Waals surface area contributed by atoms with Crippen LogP contribution in [0.4, 0.5) is 4.39 Å². The van der Waals surface area contributed by atoms with Gasteiger partial charge in [0.25, 0.3) is 0 Å². The van der Waals surface area contributed by atoms with Crippen LogP contribution in [0, 0.1) is 5.82 Å². The molecule has 0 amide bonds. The number of benzene rings is 2. The van der Waals surface area contributed by atoms with Gasteiger partial charge in [-0.05, 0) is 36.2 Å². The number of rotatable bonds is 3. The van der Waals surface area contributed by atoms with E-state index in [2.05, 4.69) is 15.9 Å². The monoisotopic (exact) mass is 342 g/mol. The van der Waals surface area contributed by atoms with Crippen molar-refractivity contribution in [2.45, 2.75) is 18.9 Å². The molecule has 0 aromatic heterocycles. The van der Waals surface area contributed by atoms with Crippen molar-refractivity contribution in [3.05, 3.63) is 68.9 Å². The molecule has 0 spiro atoms. The molecule has 2 aromatic carbocycles. The Hall–Kier alpha value is -0.900. The van der Waals surface area contributed by atoms with Gasteiger partial charge >= 0.3 is 0 Å². The third-order valence-electron chi connectivity index (χ3n) is 3.03. The topological polar surface area (TPSA) is 20.2 Å². The predicted molar refractivity (Wildman–Crippen MR) is 78.8 cm³/mol. The van der Waals surface area contributed by atoms with Crippen molar-refractivity contribution < 1.29 is 9.50 Å². The number of hydrogen-bond acceptors (Lipinski definition) is 1. The summed E-state index contributed by atoms with van der Waals surface area (Å²) in [5.74, 6) is -0.467. The highest BCUT2D eigenvalue weighted by Crippen LogP contribution is 2.30. The molecule has 100 valence electrons. The van der Waals surface area contributed by atoms with E-state index in [4.69, 9.17) is 11.6 Å². The Morgan fingerprint density at radius 3 is 2.47 bits per heavy atom. The van der Waals surface area contributed by atoms with Gasteiger partial charge in [-0.15, -0.1) is 0 Å². The fraction of sp³-hybridized carbons (Fsp3) is 0.200. The van der Waals surface area contributed by atoms with Gasteiger partial charge in [-0.1, -0.05) is 51.8 Å². The molecule has 1 unspecified atom stereocenters. The maximum absolute atomic E-state index is 13.4. The fourth-order valence-electron chi connectivity index (χ4n) is 1.97. The van der Waals surface area contributed by atoms with Crippen molar-refractivity contribution in [2.75, 3.05) is 0 Å². The quantitative estimate of drug-likeness (QED) is 0.857. The third kappa shape index (κ3) is 3.35. The summed E-state index contributed by atoms with van der Waals surface area (Å²) < 4.78 is 14.3. The normalized spacial score (nSPS) is 14.2. The smallest absolute Gasteiger partial charge is 0.142 e. The minimum absolute atomic E-state index is 0.0693. The van der Waals surface area contributed by atoms with Crippen molar-refractivity contribution in [2.24, 2.45) is 0 Å². The van der Waals surface area contributed by atoms with Gasteiger partial charge in [0.05, 0.1) is 10.6 Å². The zero-order valence-electron chi connectivity index (χ0n) is 10.3. The highest BCUT2D eigenvalue weighted by Gasteiger charge is 2.25. The molecule has 0 bridgehead atoms. The van der Waals surface area contributed by atoms with Crippen LogP contribution in [0.1, 0.15) is 18.1 Å². The SMILES string of the molecule is CC(O)(Cc1cccc(F)c1Cl)c1ccc(Br)cc1. The van der Waals surface area contributed by atoms with E-state index in [9.17, 15) is 9.50 Å². The van der Waals surface area contributed by atoms with Gasteiger partial charge in [-0.25, -0.2) is 4.39 Å². The zero-order chi connectivity index (χ0) is 14.0. The summed E-state index contributed by atoms with van der Waals surface area (Å²) >= 11 is 9.27. The summed E-state index contributed by atoms with van der Waals surface area (Å²) in [5, 5.41) is 10.6. The van der Waals surface area contributed by atoms with E-state index in [0.717, 1.165) is 10.0 Å². The number of hydrogen-bond donors (Lipinski definition) is 1. The molecule has 2 rings (SSSR count). The molecule has 1 nitrogen and oxygen atoms in total. The van der Waals surface area contributed by atoms with Crippen LogP contribution in [0.25, 0.3) is 0 Å². The molecule has 0 radical (unpaired) electrons. The van der Waals surface area contributed by atoms with Gasteiger partial charge in [-0.3, -0.25) is 0 Å². The summed E-state index contributed by atoms with van der Waals surface area (Å²) in [7, 11) is 0. The first-order chi connectivity index (χ1) is 8.90. The Bertz CT molecular complexity index is 581. The first kappa shape index (κ1) is 14.5. The molecule has 1 N–H and O–H groups in total. The Morgan fingerprint density at radius 1 is 1.21 bits per heavy atom. The standard InChI is InChI=1S/C15H13BrClFO/c1-15(19,11-5-7-12(16)8-6-11)9-10-3-2-4-13(18)14(10)17/h2-8,19H,9H2,1H3. The van der Waals surface area contributed by atoms with Gasteiger partial charge in [0.15, 0.2) is 0 Å². The second-order valence-electron chi connectivity index (χ2n) is 4.67. The van der Waals surface area contributed by atoms with Crippen molar-refractivity contribution in [1.29, 1.82) is 0 Å². The molecule has 0 saturated carbocycles. The summed E-state index contributed by atoms with van der Waals surface area (Å²) in [6.45, 7) is 1.69. The maximum Gasteiger partial charge on any atom is 0.142 e. The van der Waals surface area contributed by atoms with Crippen LogP contribution in [0.15, 0.2) is 46.9 Å². The van der Waals surface area contributed by atoms with Crippen molar-refractivity contribution in [3.8, 4) is 0 Å². The van der Waals surface area contributed by atoms with E-state index in [1.807, 2.05) is 24.3 Å². The molecule has 1 atom stereocenters. The molecule has 0 fully saturated rings. The van der Waals surface area contributed by atoms with Crippen molar-refractivity contribution in [3.63, 3.8) is 0 Å². The molecule has 4 heteroatoms. The largest absolute Gasteiger partial charge is 0.385 e. The Kier molecular flexibility index (Phi) is 4.29. The second-order valence-corrected chi connectivity index (χ2v) is 5.96. The van der Waals surface area contributed by atoms with Crippen LogP contribution in [-0.4, -0.2) is 5.11 Å². The predicted octanol–water partition coefficient (Wildman–Crippen LogP) is 4.69. The van der Waals surface area contributed by atoms with E-state index in [1.54, 1.807) is 19.1 Å². The van der Waals surface area contributed by atoms with E-state index in [0.29, 0.717) is 5.56 Å². The lowest BCUT2D eigenvalue weighted by atomic mass is 9.89. The summed E-state index contributed by atoms with van der Waals surface area (Å²) in [4.78, 5) is 0. The highest BCUT2D eigenvalue weighted by atomic mass is 79.9. The van der Waals surface area contributed by atoms with E-state index < -0.39 is 11.4 Å². The first-order valence-electron chi connectivity index (χ1n) is 5.81. The third-order valence-corrected chi connectivity index (χ3v) is 3.98. The molecule has 0 saturated heterocycles. The number of aliphatic hydroxyl groups is 1. The van der Waals surface area contributed by atoms with Crippen LogP contribution < -0.4 is 0 Å². The van der Waals surface area contributed by atoms with Gasteiger partial charge in [0.1, 0.15) is 5.82 Å². The molecule has 0 aliphatic rings. The van der Waals surface area contributed by atoms with Gasteiger partial charge in [0, 0.05) is 10.9 Å². The van der Waals surface area contributed by atoms with E-state index in [-0.39, 0.29) is 11.4 Å². The first-order valence-corrected chi connectivity index (χ1v) is 6.98. The Labute approximate surface area is 125 Å². The maximum atomic E-state index is 13.4. The highest BCUT2D eigenvalue weighted by molar-refractivity contribution is 9.10. The van der Waals surface area contributed by atoms with Crippen LogP contribution in [-0.2, 0) is 12.0 Å². The number of halogens is 3. The Balaban J connectivity index is 2.30. The average Bonchev–Trinajstić information content (AvgIpc) is 2.35. The van der Waals surface area contributed by atoms with Crippen molar-refractivity contribution in [1.82, 2.24) is 0 Å². The summed E-state index contributed by atoms with van der Waals surface area (Å²) in [5.41, 5.74) is 0.253. The van der Waals surface area contributed by atoms with Crippen molar-refractivity contribution >= 4 is 27.5 Å². The fourth-order valence-corrected chi connectivity index (χ4v) is 2.42. The molecule has 0 heterocycles. The molecule has 19 heavy (non-hydrogen) atoms. The Morgan fingerprint density at radius 2 is 1.84 bits per heavy atom. The zero-order valence-corrected chi connectivity index (χ0v) is 12.7. The van der Waals surface area contributed by atoms with Gasteiger partial charge < -0.3 is 5.11 Å². The van der Waals surface area contributed by atoms with Gasteiger partial charge in [-0.2, -0.15) is 0 Å². The molecule has 0 aliphatic carbocycles. The van der Waals surface area contributed by atoms with Crippen LogP contribution in [0.2, 0.25) is 5.02 Å². The molecular formula is C15H13BrClFO.